The minimum Gasteiger partial charge on any atom is -0.452 e. The number of fused-ring (bicyclic) bond motifs is 1. The van der Waals surface area contributed by atoms with Crippen molar-refractivity contribution in [1.29, 1.82) is 0 Å². The quantitative estimate of drug-likeness (QED) is 0.415. The summed E-state index contributed by atoms with van der Waals surface area (Å²) in [5.74, 6) is -2.19. The van der Waals surface area contributed by atoms with E-state index < -0.39 is 18.5 Å². The molecule has 7 nitrogen and oxygen atoms in total. The van der Waals surface area contributed by atoms with Crippen LogP contribution in [-0.2, 0) is 25.5 Å². The van der Waals surface area contributed by atoms with Gasteiger partial charge in [-0.3, -0.25) is 19.3 Å². The first-order valence-electron chi connectivity index (χ1n) is 11.1. The molecule has 0 bridgehead atoms. The van der Waals surface area contributed by atoms with Gasteiger partial charge in [0.25, 0.3) is 5.91 Å². The fraction of sp³-hybridized carbons (Fsp3) is 0.308. The molecule has 0 saturated carbocycles. The monoisotopic (exact) mass is 446 g/mol. The number of hydrogen-bond donors (Lipinski definition) is 1. The van der Waals surface area contributed by atoms with Gasteiger partial charge in [-0.2, -0.15) is 0 Å². The summed E-state index contributed by atoms with van der Waals surface area (Å²) in [6.45, 7) is 3.57. The third kappa shape index (κ3) is 4.58. The number of nitrogens with zero attached hydrogens (tertiary/aromatic N) is 1. The van der Waals surface area contributed by atoms with Crippen molar-refractivity contribution < 1.29 is 23.9 Å². The Morgan fingerprint density at radius 1 is 1.03 bits per heavy atom. The Morgan fingerprint density at radius 2 is 1.73 bits per heavy atom. The van der Waals surface area contributed by atoms with Crippen molar-refractivity contribution in [1.82, 2.24) is 0 Å². The molecule has 1 N–H and O–H groups in total. The van der Waals surface area contributed by atoms with Crippen LogP contribution < -0.4 is 10.2 Å². The van der Waals surface area contributed by atoms with Gasteiger partial charge in [-0.15, -0.1) is 0 Å². The lowest BCUT2D eigenvalue weighted by atomic mass is 9.78. The molecule has 1 fully saturated rings. The molecule has 2 aromatic carbocycles. The molecule has 0 radical (unpaired) electrons. The number of anilines is 2. The van der Waals surface area contributed by atoms with Crippen LogP contribution in [0.5, 0.6) is 0 Å². The first kappa shape index (κ1) is 22.5. The topological polar surface area (TPSA) is 92.8 Å². The van der Waals surface area contributed by atoms with Crippen molar-refractivity contribution >= 4 is 35.1 Å². The normalized spacial score (nSPS) is 21.6. The molecule has 0 aromatic heterocycles. The van der Waals surface area contributed by atoms with Crippen LogP contribution in [0.2, 0.25) is 0 Å². The molecule has 1 aliphatic heterocycles. The van der Waals surface area contributed by atoms with Crippen LogP contribution in [-0.4, -0.2) is 30.3 Å². The van der Waals surface area contributed by atoms with E-state index in [2.05, 4.69) is 5.32 Å². The molecule has 7 heteroatoms. The van der Waals surface area contributed by atoms with E-state index in [-0.39, 0.29) is 35.1 Å². The Balaban J connectivity index is 1.35. The Morgan fingerprint density at radius 3 is 2.36 bits per heavy atom. The number of rotatable bonds is 6. The van der Waals surface area contributed by atoms with Crippen LogP contribution in [0.4, 0.5) is 11.4 Å². The van der Waals surface area contributed by atoms with Gasteiger partial charge in [-0.25, -0.2) is 4.79 Å². The highest BCUT2D eigenvalue weighted by Crippen LogP contribution is 2.40. The number of benzene rings is 2. The molecule has 3 atom stereocenters. The zero-order chi connectivity index (χ0) is 23.5. The lowest BCUT2D eigenvalue weighted by molar-refractivity contribution is -0.123. The molecule has 2 aliphatic rings. The summed E-state index contributed by atoms with van der Waals surface area (Å²) in [5.41, 5.74) is 2.44. The maximum Gasteiger partial charge on any atom is 0.338 e. The summed E-state index contributed by atoms with van der Waals surface area (Å²) >= 11 is 0. The molecule has 3 amide bonds. The molecule has 2 aromatic rings. The number of hydrogen-bond acceptors (Lipinski definition) is 5. The lowest BCUT2D eigenvalue weighted by Crippen LogP contribution is -2.31. The lowest BCUT2D eigenvalue weighted by Gasteiger charge is -2.22. The fourth-order valence-electron chi connectivity index (χ4n) is 4.38. The van der Waals surface area contributed by atoms with E-state index in [1.54, 1.807) is 24.3 Å². The molecule has 0 spiro atoms. The zero-order valence-corrected chi connectivity index (χ0v) is 18.6. The number of nitrogens with one attached hydrogen (secondary N) is 1. The van der Waals surface area contributed by atoms with Gasteiger partial charge in [-0.05, 0) is 60.7 Å². The Kier molecular flexibility index (Phi) is 6.40. The SMILES string of the molecule is CCc1ccc(NC(=O)COC(=O)c2ccc(N3C(=O)[C@H]4[C@@H](C)C=CC[C@H]4C3=O)cc2)cc1. The first-order chi connectivity index (χ1) is 15.9. The fourth-order valence-corrected chi connectivity index (χ4v) is 4.38. The molecule has 4 rings (SSSR count). The largest absolute Gasteiger partial charge is 0.452 e. The molecular weight excluding hydrogens is 420 g/mol. The number of allylic oxidation sites excluding steroid dienone is 2. The summed E-state index contributed by atoms with van der Waals surface area (Å²) in [7, 11) is 0. The van der Waals surface area contributed by atoms with Gasteiger partial charge >= 0.3 is 5.97 Å². The molecule has 170 valence electrons. The molecular formula is C26H26N2O5. The van der Waals surface area contributed by atoms with E-state index in [0.29, 0.717) is 17.8 Å². The van der Waals surface area contributed by atoms with Crippen LogP contribution >= 0.6 is 0 Å². The Labute approximate surface area is 192 Å². The van der Waals surface area contributed by atoms with E-state index in [9.17, 15) is 19.2 Å². The second-order valence-corrected chi connectivity index (χ2v) is 8.39. The van der Waals surface area contributed by atoms with Gasteiger partial charge in [0, 0.05) is 5.69 Å². The predicted molar refractivity (Wildman–Crippen MR) is 124 cm³/mol. The standard InChI is InChI=1S/C26H26N2O5/c1-3-17-7-11-19(12-8-17)27-22(29)15-33-26(32)18-9-13-20(14-10-18)28-24(30)21-6-4-5-16(2)23(21)25(28)31/h4-5,7-14,16,21,23H,3,6,15H2,1-2H3,(H,27,29)/t16-,21+,23-/m0/s1. The van der Waals surface area contributed by atoms with Gasteiger partial charge in [0.15, 0.2) is 6.61 Å². The maximum atomic E-state index is 12.9. The summed E-state index contributed by atoms with van der Waals surface area (Å²) < 4.78 is 5.10. The van der Waals surface area contributed by atoms with Crippen molar-refractivity contribution in [2.24, 2.45) is 17.8 Å². The third-order valence-corrected chi connectivity index (χ3v) is 6.21. The Bertz CT molecular complexity index is 1100. The first-order valence-corrected chi connectivity index (χ1v) is 11.1. The highest BCUT2D eigenvalue weighted by atomic mass is 16.5. The number of ether oxygens (including phenoxy) is 1. The van der Waals surface area contributed by atoms with Crippen molar-refractivity contribution in [2.45, 2.75) is 26.7 Å². The average molecular weight is 447 g/mol. The van der Waals surface area contributed by atoms with Gasteiger partial charge in [0.2, 0.25) is 11.8 Å². The van der Waals surface area contributed by atoms with Crippen molar-refractivity contribution in [3.8, 4) is 0 Å². The van der Waals surface area contributed by atoms with E-state index in [4.69, 9.17) is 4.74 Å². The second kappa shape index (κ2) is 9.40. The number of aryl methyl sites for hydroxylation is 1. The zero-order valence-electron chi connectivity index (χ0n) is 18.6. The summed E-state index contributed by atoms with van der Waals surface area (Å²) in [6.07, 6.45) is 5.40. The van der Waals surface area contributed by atoms with Crippen LogP contribution in [0.1, 0.15) is 36.2 Å². The summed E-state index contributed by atoms with van der Waals surface area (Å²) in [5, 5.41) is 2.68. The van der Waals surface area contributed by atoms with Gasteiger partial charge in [0.05, 0.1) is 23.1 Å². The molecule has 33 heavy (non-hydrogen) atoms. The van der Waals surface area contributed by atoms with Crippen LogP contribution in [0, 0.1) is 17.8 Å². The number of esters is 1. The van der Waals surface area contributed by atoms with Crippen molar-refractivity contribution in [3.05, 3.63) is 71.8 Å². The molecule has 1 saturated heterocycles. The summed E-state index contributed by atoms with van der Waals surface area (Å²) in [6, 6.07) is 13.5. The highest BCUT2D eigenvalue weighted by Gasteiger charge is 2.50. The average Bonchev–Trinajstić information content (AvgIpc) is 3.09. The highest BCUT2D eigenvalue weighted by molar-refractivity contribution is 6.22. The molecule has 1 aliphatic carbocycles. The third-order valence-electron chi connectivity index (χ3n) is 6.21. The smallest absolute Gasteiger partial charge is 0.338 e. The number of amides is 3. The molecule has 0 unspecified atom stereocenters. The summed E-state index contributed by atoms with van der Waals surface area (Å²) in [4.78, 5) is 51.3. The minimum atomic E-state index is -0.663. The van der Waals surface area contributed by atoms with E-state index in [0.717, 1.165) is 12.0 Å². The number of carbonyl (C=O) groups excluding carboxylic acids is 4. The van der Waals surface area contributed by atoms with Gasteiger partial charge < -0.3 is 10.1 Å². The number of carbonyl (C=O) groups is 4. The maximum absolute atomic E-state index is 12.9. The van der Waals surface area contributed by atoms with Gasteiger partial charge in [-0.1, -0.05) is 38.1 Å². The van der Waals surface area contributed by atoms with Crippen LogP contribution in [0.3, 0.4) is 0 Å². The second-order valence-electron chi connectivity index (χ2n) is 8.39. The van der Waals surface area contributed by atoms with E-state index in [1.807, 2.05) is 38.1 Å². The van der Waals surface area contributed by atoms with Crippen molar-refractivity contribution in [2.75, 3.05) is 16.8 Å². The predicted octanol–water partition coefficient (Wildman–Crippen LogP) is 3.75. The van der Waals surface area contributed by atoms with Crippen molar-refractivity contribution in [3.63, 3.8) is 0 Å². The minimum absolute atomic E-state index is 0.00943. The Hall–Kier alpha value is -3.74. The van der Waals surface area contributed by atoms with Crippen LogP contribution in [0.25, 0.3) is 0 Å². The van der Waals surface area contributed by atoms with Crippen LogP contribution in [0.15, 0.2) is 60.7 Å². The van der Waals surface area contributed by atoms with E-state index in [1.165, 1.54) is 17.0 Å². The van der Waals surface area contributed by atoms with E-state index >= 15 is 0 Å². The van der Waals surface area contributed by atoms with Gasteiger partial charge in [0.1, 0.15) is 0 Å². The number of imide groups is 1. The molecule has 1 heterocycles.